The lowest BCUT2D eigenvalue weighted by Crippen LogP contribution is -2.26. The summed E-state index contributed by atoms with van der Waals surface area (Å²) in [6.07, 6.45) is 3.25. The molecule has 1 aromatic rings. The molecule has 17 heavy (non-hydrogen) atoms. The average molecular weight is 233 g/mol. The molecule has 2 N–H and O–H groups in total. The summed E-state index contributed by atoms with van der Waals surface area (Å²) in [5.41, 5.74) is 2.51. The molecule has 1 saturated heterocycles. The van der Waals surface area contributed by atoms with Crippen molar-refractivity contribution in [1.82, 2.24) is 5.32 Å². The molecule has 0 aliphatic carbocycles. The first-order valence-electron chi connectivity index (χ1n) is 6.27. The van der Waals surface area contributed by atoms with Crippen LogP contribution in [0.4, 0.5) is 0 Å². The molecule has 92 valence electrons. The van der Waals surface area contributed by atoms with Crippen molar-refractivity contribution in [3.8, 4) is 0 Å². The van der Waals surface area contributed by atoms with Crippen LogP contribution in [0.3, 0.4) is 0 Å². The minimum Gasteiger partial charge on any atom is -0.481 e. The minimum atomic E-state index is -0.729. The van der Waals surface area contributed by atoms with Crippen molar-refractivity contribution < 1.29 is 9.90 Å². The number of piperidine rings is 1. The number of carboxylic acids is 1. The Labute approximate surface area is 102 Å². The molecule has 3 heteroatoms. The Kier molecular flexibility index (Phi) is 4.15. The van der Waals surface area contributed by atoms with Crippen molar-refractivity contribution in [2.45, 2.75) is 31.6 Å². The first kappa shape index (κ1) is 12.1. The van der Waals surface area contributed by atoms with Gasteiger partial charge < -0.3 is 10.4 Å². The zero-order valence-electron chi connectivity index (χ0n) is 9.98. The third kappa shape index (κ3) is 3.56. The molecule has 3 nitrogen and oxygen atoms in total. The third-order valence-electron chi connectivity index (χ3n) is 3.42. The fraction of sp³-hybridized carbons (Fsp3) is 0.500. The number of benzene rings is 1. The molecule has 1 aliphatic rings. The smallest absolute Gasteiger partial charge is 0.303 e. The maximum Gasteiger partial charge on any atom is 0.303 e. The SMILES string of the molecule is O=C(O)CCc1ccc(C2CCNCC2)cc1. The monoisotopic (exact) mass is 233 g/mol. The van der Waals surface area contributed by atoms with Crippen molar-refractivity contribution in [3.05, 3.63) is 35.4 Å². The van der Waals surface area contributed by atoms with Crippen LogP contribution in [0.1, 0.15) is 36.3 Å². The predicted octanol–water partition coefficient (Wildman–Crippen LogP) is 2.17. The standard InChI is InChI=1S/C14H19NO2/c16-14(17)6-3-11-1-4-12(5-2-11)13-7-9-15-10-8-13/h1-2,4-5,13,15H,3,6-10H2,(H,16,17). The van der Waals surface area contributed by atoms with Crippen LogP contribution in [-0.2, 0) is 11.2 Å². The molecular weight excluding hydrogens is 214 g/mol. The Bertz CT molecular complexity index is 366. The van der Waals surface area contributed by atoms with Crippen LogP contribution in [0.2, 0.25) is 0 Å². The quantitative estimate of drug-likeness (QED) is 0.838. The number of rotatable bonds is 4. The molecule has 0 amide bonds. The second-order valence-electron chi connectivity index (χ2n) is 4.66. The lowest BCUT2D eigenvalue weighted by molar-refractivity contribution is -0.136. The largest absolute Gasteiger partial charge is 0.481 e. The number of hydrogen-bond acceptors (Lipinski definition) is 2. The van der Waals surface area contributed by atoms with Crippen LogP contribution in [0.5, 0.6) is 0 Å². The van der Waals surface area contributed by atoms with Gasteiger partial charge in [0.2, 0.25) is 0 Å². The van der Waals surface area contributed by atoms with E-state index in [0.29, 0.717) is 12.3 Å². The maximum absolute atomic E-state index is 10.5. The normalized spacial score (nSPS) is 16.9. The van der Waals surface area contributed by atoms with Crippen LogP contribution in [0.25, 0.3) is 0 Å². The first-order chi connectivity index (χ1) is 8.25. The number of carboxylic acid groups (broad SMARTS) is 1. The van der Waals surface area contributed by atoms with E-state index in [0.717, 1.165) is 18.7 Å². The zero-order chi connectivity index (χ0) is 12.1. The number of hydrogen-bond donors (Lipinski definition) is 2. The molecule has 1 aromatic carbocycles. The van der Waals surface area contributed by atoms with Gasteiger partial charge in [0, 0.05) is 6.42 Å². The van der Waals surface area contributed by atoms with Crippen LogP contribution >= 0.6 is 0 Å². The van der Waals surface area contributed by atoms with Gasteiger partial charge in [0.25, 0.3) is 0 Å². The summed E-state index contributed by atoms with van der Waals surface area (Å²) in [7, 11) is 0. The van der Waals surface area contributed by atoms with Gasteiger partial charge in [-0.3, -0.25) is 4.79 Å². The van der Waals surface area contributed by atoms with Gasteiger partial charge in [-0.05, 0) is 49.4 Å². The summed E-state index contributed by atoms with van der Waals surface area (Å²) in [6, 6.07) is 8.46. The van der Waals surface area contributed by atoms with Crippen molar-refractivity contribution in [2.24, 2.45) is 0 Å². The van der Waals surface area contributed by atoms with Gasteiger partial charge in [-0.1, -0.05) is 24.3 Å². The topological polar surface area (TPSA) is 49.3 Å². The van der Waals surface area contributed by atoms with Gasteiger partial charge in [-0.25, -0.2) is 0 Å². The van der Waals surface area contributed by atoms with E-state index in [4.69, 9.17) is 5.11 Å². The summed E-state index contributed by atoms with van der Waals surface area (Å²) >= 11 is 0. The van der Waals surface area contributed by atoms with Gasteiger partial charge in [-0.2, -0.15) is 0 Å². The summed E-state index contributed by atoms with van der Waals surface area (Å²) in [6.45, 7) is 2.21. The van der Waals surface area contributed by atoms with Crippen LogP contribution in [-0.4, -0.2) is 24.2 Å². The number of carbonyl (C=O) groups is 1. The van der Waals surface area contributed by atoms with E-state index < -0.39 is 5.97 Å². The van der Waals surface area contributed by atoms with E-state index in [1.165, 1.54) is 18.4 Å². The van der Waals surface area contributed by atoms with Crippen LogP contribution < -0.4 is 5.32 Å². The third-order valence-corrected chi connectivity index (χ3v) is 3.42. The van der Waals surface area contributed by atoms with E-state index in [9.17, 15) is 4.79 Å². The molecule has 1 fully saturated rings. The molecule has 2 rings (SSSR count). The highest BCUT2D eigenvalue weighted by Crippen LogP contribution is 2.25. The van der Waals surface area contributed by atoms with Crippen molar-refractivity contribution in [1.29, 1.82) is 0 Å². The van der Waals surface area contributed by atoms with Gasteiger partial charge in [0.15, 0.2) is 0 Å². The molecular formula is C14H19NO2. The Morgan fingerprint density at radius 1 is 1.24 bits per heavy atom. The summed E-state index contributed by atoms with van der Waals surface area (Å²) in [5, 5.41) is 12.0. The first-order valence-corrected chi connectivity index (χ1v) is 6.27. The van der Waals surface area contributed by atoms with Crippen molar-refractivity contribution >= 4 is 5.97 Å². The lowest BCUT2D eigenvalue weighted by atomic mass is 9.89. The Morgan fingerprint density at radius 2 is 1.88 bits per heavy atom. The Hall–Kier alpha value is -1.35. The van der Waals surface area contributed by atoms with E-state index in [1.54, 1.807) is 0 Å². The van der Waals surface area contributed by atoms with Crippen molar-refractivity contribution in [3.63, 3.8) is 0 Å². The van der Waals surface area contributed by atoms with Crippen molar-refractivity contribution in [2.75, 3.05) is 13.1 Å². The number of aliphatic carboxylic acids is 1. The maximum atomic E-state index is 10.5. The summed E-state index contributed by atoms with van der Waals surface area (Å²) < 4.78 is 0. The number of aryl methyl sites for hydroxylation is 1. The highest BCUT2D eigenvalue weighted by atomic mass is 16.4. The van der Waals surface area contributed by atoms with E-state index in [2.05, 4.69) is 29.6 Å². The molecule has 0 atom stereocenters. The van der Waals surface area contributed by atoms with E-state index in [-0.39, 0.29) is 6.42 Å². The molecule has 0 spiro atoms. The zero-order valence-corrected chi connectivity index (χ0v) is 9.98. The Balaban J connectivity index is 1.94. The number of nitrogens with one attached hydrogen (secondary N) is 1. The molecule has 1 aliphatic heterocycles. The predicted molar refractivity (Wildman–Crippen MR) is 67.2 cm³/mol. The molecule has 0 aromatic heterocycles. The second kappa shape index (κ2) is 5.82. The van der Waals surface area contributed by atoms with E-state index in [1.807, 2.05) is 0 Å². The average Bonchev–Trinajstić information content (AvgIpc) is 2.38. The fourth-order valence-corrected chi connectivity index (χ4v) is 2.36. The lowest BCUT2D eigenvalue weighted by Gasteiger charge is -2.23. The summed E-state index contributed by atoms with van der Waals surface area (Å²) in [4.78, 5) is 10.5. The Morgan fingerprint density at radius 3 is 2.47 bits per heavy atom. The molecule has 1 heterocycles. The second-order valence-corrected chi connectivity index (χ2v) is 4.66. The molecule has 0 radical (unpaired) electrons. The van der Waals surface area contributed by atoms with Gasteiger partial charge in [0.1, 0.15) is 0 Å². The van der Waals surface area contributed by atoms with Crippen LogP contribution in [0.15, 0.2) is 24.3 Å². The molecule has 0 unspecified atom stereocenters. The minimum absolute atomic E-state index is 0.215. The van der Waals surface area contributed by atoms with E-state index >= 15 is 0 Å². The van der Waals surface area contributed by atoms with Crippen LogP contribution in [0, 0.1) is 0 Å². The van der Waals surface area contributed by atoms with Gasteiger partial charge >= 0.3 is 5.97 Å². The van der Waals surface area contributed by atoms with Gasteiger partial charge in [-0.15, -0.1) is 0 Å². The fourth-order valence-electron chi connectivity index (χ4n) is 2.36. The summed E-state index contributed by atoms with van der Waals surface area (Å²) in [5.74, 6) is -0.0581. The highest BCUT2D eigenvalue weighted by Gasteiger charge is 2.14. The molecule has 0 saturated carbocycles. The highest BCUT2D eigenvalue weighted by molar-refractivity contribution is 5.67. The molecule has 0 bridgehead atoms. The van der Waals surface area contributed by atoms with Gasteiger partial charge in [0.05, 0.1) is 0 Å².